The number of ether oxygens (including phenoxy) is 5. The summed E-state index contributed by atoms with van der Waals surface area (Å²) in [6.07, 6.45) is 13.8. The predicted molar refractivity (Wildman–Crippen MR) is 190 cm³/mol. The van der Waals surface area contributed by atoms with Gasteiger partial charge in [0, 0.05) is 13.1 Å². The third-order valence-electron chi connectivity index (χ3n) is 8.60. The zero-order valence-corrected chi connectivity index (χ0v) is 29.6. The molecule has 8 nitrogen and oxygen atoms in total. The van der Waals surface area contributed by atoms with Crippen molar-refractivity contribution in [3.63, 3.8) is 0 Å². The summed E-state index contributed by atoms with van der Waals surface area (Å²) in [5, 5.41) is 0. The van der Waals surface area contributed by atoms with E-state index in [1.807, 2.05) is 48.5 Å². The molecule has 1 aliphatic rings. The number of carbonyl (C=O) groups excluding carboxylic acids is 1. The van der Waals surface area contributed by atoms with E-state index in [2.05, 4.69) is 30.6 Å². The van der Waals surface area contributed by atoms with Gasteiger partial charge >= 0.3 is 0 Å². The van der Waals surface area contributed by atoms with Crippen LogP contribution in [-0.2, 0) is 9.53 Å². The maximum Gasteiger partial charge on any atom is 0.236 e. The lowest BCUT2D eigenvalue weighted by molar-refractivity contribution is -0.133. The molecule has 2 aromatic carbocycles. The van der Waals surface area contributed by atoms with Crippen molar-refractivity contribution in [1.82, 2.24) is 9.80 Å². The molecule has 2 aromatic rings. The number of fused-ring (bicyclic) bond motifs is 2. The molecule has 0 radical (unpaired) electrons. The molecular weight excluding hydrogens is 592 g/mol. The first-order valence-electron chi connectivity index (χ1n) is 18.4. The Morgan fingerprint density at radius 3 is 1.51 bits per heavy atom. The first kappa shape index (κ1) is 38.5. The number of para-hydroxylation sites is 4. The number of rotatable bonds is 18. The van der Waals surface area contributed by atoms with Crippen molar-refractivity contribution in [3.05, 3.63) is 48.5 Å². The summed E-state index contributed by atoms with van der Waals surface area (Å²) in [6.45, 7) is 11.9. The molecule has 0 bridgehead atoms. The van der Waals surface area contributed by atoms with Crippen LogP contribution >= 0.6 is 0 Å². The SMILES string of the molecule is CCCCCCCCN(CC(=O)N(CCCCC)CCCCC)C1COc2ccccc2OCCOCCOc2ccccc2OC1. The van der Waals surface area contributed by atoms with Gasteiger partial charge in [-0.15, -0.1) is 0 Å². The van der Waals surface area contributed by atoms with Gasteiger partial charge in [-0.25, -0.2) is 0 Å². The Hall–Kier alpha value is -2.97. The monoisotopic (exact) mass is 654 g/mol. The molecule has 1 aliphatic heterocycles. The number of hydrogen-bond acceptors (Lipinski definition) is 7. The molecule has 0 saturated heterocycles. The minimum absolute atomic E-state index is 0.167. The normalized spacial score (nSPS) is 14.6. The van der Waals surface area contributed by atoms with E-state index in [9.17, 15) is 4.79 Å². The van der Waals surface area contributed by atoms with E-state index in [1.165, 1.54) is 25.7 Å². The van der Waals surface area contributed by atoms with Gasteiger partial charge in [-0.1, -0.05) is 103 Å². The molecule has 0 saturated carbocycles. The van der Waals surface area contributed by atoms with Crippen LogP contribution in [0, 0.1) is 0 Å². The summed E-state index contributed by atoms with van der Waals surface area (Å²) < 4.78 is 30.8. The van der Waals surface area contributed by atoms with Crippen LogP contribution in [0.1, 0.15) is 97.8 Å². The summed E-state index contributed by atoms with van der Waals surface area (Å²) in [7, 11) is 0. The van der Waals surface area contributed by atoms with Crippen molar-refractivity contribution >= 4 is 5.91 Å². The second-order valence-electron chi connectivity index (χ2n) is 12.5. The molecule has 0 N–H and O–H groups in total. The lowest BCUT2D eigenvalue weighted by Gasteiger charge is -2.33. The maximum absolute atomic E-state index is 14.0. The van der Waals surface area contributed by atoms with Crippen LogP contribution in [-0.4, -0.2) is 87.6 Å². The molecule has 0 aromatic heterocycles. The fourth-order valence-electron chi connectivity index (χ4n) is 5.76. The van der Waals surface area contributed by atoms with Crippen LogP contribution in [0.4, 0.5) is 0 Å². The zero-order chi connectivity index (χ0) is 33.4. The van der Waals surface area contributed by atoms with Crippen LogP contribution < -0.4 is 18.9 Å². The smallest absolute Gasteiger partial charge is 0.236 e. The van der Waals surface area contributed by atoms with E-state index in [4.69, 9.17) is 23.7 Å². The molecule has 0 unspecified atom stereocenters. The third-order valence-corrected chi connectivity index (χ3v) is 8.60. The molecule has 0 atom stereocenters. The quantitative estimate of drug-likeness (QED) is 0.150. The number of amides is 1. The molecule has 264 valence electrons. The first-order chi connectivity index (χ1) is 23.2. The van der Waals surface area contributed by atoms with Gasteiger partial charge in [-0.3, -0.25) is 9.69 Å². The molecule has 1 heterocycles. The summed E-state index contributed by atoms with van der Waals surface area (Å²) in [5.41, 5.74) is 0. The zero-order valence-electron chi connectivity index (χ0n) is 29.6. The topological polar surface area (TPSA) is 69.7 Å². The average molecular weight is 655 g/mol. The van der Waals surface area contributed by atoms with Crippen LogP contribution in [0.5, 0.6) is 23.0 Å². The Balaban J connectivity index is 1.86. The molecule has 1 amide bonds. The third kappa shape index (κ3) is 15.2. The molecule has 3 rings (SSSR count). The van der Waals surface area contributed by atoms with Gasteiger partial charge in [0.25, 0.3) is 0 Å². The Morgan fingerprint density at radius 2 is 1.00 bits per heavy atom. The Morgan fingerprint density at radius 1 is 0.574 bits per heavy atom. The van der Waals surface area contributed by atoms with Crippen molar-refractivity contribution in [2.75, 3.05) is 65.8 Å². The maximum atomic E-state index is 14.0. The Bertz CT molecular complexity index is 1030. The molecule has 47 heavy (non-hydrogen) atoms. The van der Waals surface area contributed by atoms with Crippen molar-refractivity contribution in [2.45, 2.75) is 104 Å². The van der Waals surface area contributed by atoms with Gasteiger partial charge in [-0.05, 0) is 50.1 Å². The van der Waals surface area contributed by atoms with Gasteiger partial charge in [-0.2, -0.15) is 0 Å². The van der Waals surface area contributed by atoms with Crippen molar-refractivity contribution in [1.29, 1.82) is 0 Å². The standard InChI is InChI=1S/C39H62N2O6/c1-4-7-10-11-12-19-26-41(31-39(42)40(24-17-8-5-2)25-18-9-6-3)34-32-46-37-22-15-13-20-35(37)44-29-27-43-28-30-45-36-21-14-16-23-38(36)47-33-34/h13-16,20-23,34H,4-12,17-19,24-33H2,1-3H3. The summed E-state index contributed by atoms with van der Waals surface area (Å²) in [5.74, 6) is 2.92. The highest BCUT2D eigenvalue weighted by atomic mass is 16.6. The second-order valence-corrected chi connectivity index (χ2v) is 12.5. The number of carbonyl (C=O) groups is 1. The number of hydrogen-bond donors (Lipinski definition) is 0. The van der Waals surface area contributed by atoms with E-state index in [0.717, 1.165) is 71.0 Å². The molecule has 8 heteroatoms. The highest BCUT2D eigenvalue weighted by molar-refractivity contribution is 5.78. The summed E-state index contributed by atoms with van der Waals surface area (Å²) in [4.78, 5) is 18.4. The molecule has 0 spiro atoms. The highest BCUT2D eigenvalue weighted by Gasteiger charge is 2.26. The predicted octanol–water partition coefficient (Wildman–Crippen LogP) is 8.17. The first-order valence-corrected chi connectivity index (χ1v) is 18.4. The van der Waals surface area contributed by atoms with Gasteiger partial charge in [0.2, 0.25) is 5.91 Å². The van der Waals surface area contributed by atoms with E-state index in [0.29, 0.717) is 69.2 Å². The van der Waals surface area contributed by atoms with Crippen LogP contribution in [0.2, 0.25) is 0 Å². The number of benzene rings is 2. The molecule has 0 fully saturated rings. The Labute approximate surface area is 285 Å². The average Bonchev–Trinajstić information content (AvgIpc) is 3.09. The molecular formula is C39H62N2O6. The largest absolute Gasteiger partial charge is 0.488 e. The molecule has 0 aliphatic carbocycles. The van der Waals surface area contributed by atoms with Crippen molar-refractivity contribution < 1.29 is 28.5 Å². The van der Waals surface area contributed by atoms with Crippen LogP contribution in [0.25, 0.3) is 0 Å². The van der Waals surface area contributed by atoms with Crippen LogP contribution in [0.3, 0.4) is 0 Å². The van der Waals surface area contributed by atoms with E-state index >= 15 is 0 Å². The van der Waals surface area contributed by atoms with E-state index in [-0.39, 0.29) is 11.9 Å². The minimum atomic E-state index is -0.167. The fourth-order valence-corrected chi connectivity index (χ4v) is 5.76. The van der Waals surface area contributed by atoms with Crippen molar-refractivity contribution in [3.8, 4) is 23.0 Å². The lowest BCUT2D eigenvalue weighted by Crippen LogP contribution is -2.49. The van der Waals surface area contributed by atoms with E-state index < -0.39 is 0 Å². The Kier molecular flexibility index (Phi) is 19.8. The van der Waals surface area contributed by atoms with Gasteiger partial charge in [0.05, 0.1) is 25.8 Å². The van der Waals surface area contributed by atoms with Crippen LogP contribution in [0.15, 0.2) is 48.5 Å². The fraction of sp³-hybridized carbons (Fsp3) is 0.667. The number of unbranched alkanes of at least 4 members (excludes halogenated alkanes) is 9. The van der Waals surface area contributed by atoms with E-state index in [1.54, 1.807) is 0 Å². The van der Waals surface area contributed by atoms with Gasteiger partial charge < -0.3 is 28.6 Å². The lowest BCUT2D eigenvalue weighted by atomic mass is 10.1. The van der Waals surface area contributed by atoms with Gasteiger partial charge in [0.1, 0.15) is 26.4 Å². The summed E-state index contributed by atoms with van der Waals surface area (Å²) in [6, 6.07) is 15.4. The van der Waals surface area contributed by atoms with Gasteiger partial charge in [0.15, 0.2) is 23.0 Å². The minimum Gasteiger partial charge on any atom is -0.488 e. The number of nitrogens with zero attached hydrogens (tertiary/aromatic N) is 2. The highest BCUT2D eigenvalue weighted by Crippen LogP contribution is 2.29. The van der Waals surface area contributed by atoms with Crippen molar-refractivity contribution in [2.24, 2.45) is 0 Å². The summed E-state index contributed by atoms with van der Waals surface area (Å²) >= 11 is 0. The second kappa shape index (κ2) is 24.2.